The van der Waals surface area contributed by atoms with Gasteiger partial charge in [-0.3, -0.25) is 19.7 Å². The molecule has 0 spiro atoms. The average molecular weight is 427 g/mol. The summed E-state index contributed by atoms with van der Waals surface area (Å²) in [5.41, 5.74) is 1.95. The van der Waals surface area contributed by atoms with Gasteiger partial charge in [0.25, 0.3) is 11.6 Å². The van der Waals surface area contributed by atoms with Crippen molar-refractivity contribution in [1.82, 2.24) is 4.57 Å². The number of rotatable bonds is 4. The number of carbonyl (C=O) groups is 2. The van der Waals surface area contributed by atoms with Gasteiger partial charge in [-0.05, 0) is 29.2 Å². The van der Waals surface area contributed by atoms with E-state index in [0.717, 1.165) is 16.9 Å². The topological polar surface area (TPSA) is 104 Å². The highest BCUT2D eigenvalue weighted by Gasteiger charge is 2.17. The van der Waals surface area contributed by atoms with Crippen LogP contribution in [0.25, 0.3) is 10.2 Å². The number of ether oxygens (including phenoxy) is 1. The molecular weight excluding hydrogens is 406 g/mol. The summed E-state index contributed by atoms with van der Waals surface area (Å²) in [4.78, 5) is 39.6. The zero-order chi connectivity index (χ0) is 22.1. The van der Waals surface area contributed by atoms with Crippen molar-refractivity contribution in [3.05, 3.63) is 68.5 Å². The average Bonchev–Trinajstić information content (AvgIpc) is 3.03. The fourth-order valence-electron chi connectivity index (χ4n) is 2.87. The zero-order valence-electron chi connectivity index (χ0n) is 17.0. The molecule has 0 aliphatic rings. The van der Waals surface area contributed by atoms with E-state index < -0.39 is 16.8 Å². The third-order valence-electron chi connectivity index (χ3n) is 4.59. The first-order valence-corrected chi connectivity index (χ1v) is 9.96. The molecule has 0 unspecified atom stereocenters. The maximum Gasteiger partial charge on any atom is 0.325 e. The first-order valence-electron chi connectivity index (χ1n) is 9.14. The third-order valence-corrected chi connectivity index (χ3v) is 5.63. The van der Waals surface area contributed by atoms with E-state index in [1.165, 1.54) is 29.9 Å². The lowest BCUT2D eigenvalue weighted by molar-refractivity contribution is -0.384. The zero-order valence-corrected chi connectivity index (χ0v) is 17.9. The monoisotopic (exact) mass is 427 g/mol. The van der Waals surface area contributed by atoms with Crippen LogP contribution in [0.3, 0.4) is 0 Å². The van der Waals surface area contributed by atoms with Crippen LogP contribution in [-0.4, -0.2) is 28.5 Å². The number of fused-ring (bicyclic) bond motifs is 1. The summed E-state index contributed by atoms with van der Waals surface area (Å²) in [5.74, 6) is -0.980. The second-order valence-electron chi connectivity index (χ2n) is 7.70. The molecule has 1 heterocycles. The quantitative estimate of drug-likeness (QED) is 0.358. The van der Waals surface area contributed by atoms with Gasteiger partial charge in [-0.1, -0.05) is 44.2 Å². The number of amides is 1. The number of methoxy groups -OCH3 is 1. The van der Waals surface area contributed by atoms with E-state index in [0.29, 0.717) is 15.8 Å². The Hall–Kier alpha value is -3.33. The highest BCUT2D eigenvalue weighted by atomic mass is 32.1. The van der Waals surface area contributed by atoms with E-state index in [-0.39, 0.29) is 22.4 Å². The molecule has 3 rings (SSSR count). The number of carbonyl (C=O) groups excluding carboxylic acids is 2. The number of hydrogen-bond acceptors (Lipinski definition) is 6. The standard InChI is InChI=1S/C21H21N3O5S/c1-21(2,3)14-7-5-13(6-8-14)19(26)22-20-23(12-18(25)29-4)16-10-9-15(24(27)28)11-17(16)30-20/h5-11H,12H2,1-4H3. The number of esters is 1. The Balaban J connectivity index is 2.09. The van der Waals surface area contributed by atoms with Gasteiger partial charge in [0.05, 0.1) is 22.2 Å². The summed E-state index contributed by atoms with van der Waals surface area (Å²) in [7, 11) is 1.26. The van der Waals surface area contributed by atoms with Crippen molar-refractivity contribution in [2.24, 2.45) is 4.99 Å². The molecule has 0 N–H and O–H groups in total. The molecule has 0 aliphatic heterocycles. The van der Waals surface area contributed by atoms with Crippen LogP contribution in [0.5, 0.6) is 0 Å². The number of thiazole rings is 1. The molecule has 3 aromatic rings. The number of nitro groups is 1. The van der Waals surface area contributed by atoms with Crippen LogP contribution < -0.4 is 4.80 Å². The van der Waals surface area contributed by atoms with E-state index >= 15 is 0 Å². The van der Waals surface area contributed by atoms with Crippen molar-refractivity contribution in [3.63, 3.8) is 0 Å². The van der Waals surface area contributed by atoms with Crippen LogP contribution in [0.1, 0.15) is 36.7 Å². The molecule has 0 saturated carbocycles. The van der Waals surface area contributed by atoms with E-state index in [9.17, 15) is 19.7 Å². The lowest BCUT2D eigenvalue weighted by Gasteiger charge is -2.18. The molecule has 8 nitrogen and oxygen atoms in total. The molecule has 1 aromatic heterocycles. The largest absolute Gasteiger partial charge is 0.468 e. The lowest BCUT2D eigenvalue weighted by Crippen LogP contribution is -2.22. The highest BCUT2D eigenvalue weighted by molar-refractivity contribution is 7.16. The third kappa shape index (κ3) is 4.46. The first-order chi connectivity index (χ1) is 14.1. The maximum absolute atomic E-state index is 12.7. The Morgan fingerprint density at radius 2 is 1.83 bits per heavy atom. The molecule has 0 radical (unpaired) electrons. The van der Waals surface area contributed by atoms with Gasteiger partial charge in [-0.2, -0.15) is 4.99 Å². The Morgan fingerprint density at radius 1 is 1.17 bits per heavy atom. The van der Waals surface area contributed by atoms with E-state index in [2.05, 4.69) is 25.8 Å². The number of aromatic nitrogens is 1. The van der Waals surface area contributed by atoms with Crippen LogP contribution in [0.4, 0.5) is 5.69 Å². The Kier molecular flexibility index (Phi) is 5.84. The van der Waals surface area contributed by atoms with Crippen molar-refractivity contribution in [3.8, 4) is 0 Å². The van der Waals surface area contributed by atoms with E-state index in [1.54, 1.807) is 12.1 Å². The van der Waals surface area contributed by atoms with Gasteiger partial charge >= 0.3 is 5.97 Å². The summed E-state index contributed by atoms with van der Waals surface area (Å²) in [6, 6.07) is 11.5. The lowest BCUT2D eigenvalue weighted by atomic mass is 9.87. The molecule has 156 valence electrons. The van der Waals surface area contributed by atoms with Gasteiger partial charge in [0.15, 0.2) is 4.80 Å². The summed E-state index contributed by atoms with van der Waals surface area (Å²) in [6.45, 7) is 6.09. The van der Waals surface area contributed by atoms with Crippen molar-refractivity contribution in [1.29, 1.82) is 0 Å². The summed E-state index contributed by atoms with van der Waals surface area (Å²) < 4.78 is 6.80. The van der Waals surface area contributed by atoms with Gasteiger partial charge in [0.1, 0.15) is 6.54 Å². The normalized spacial score (nSPS) is 12.2. The molecule has 0 fully saturated rings. The van der Waals surface area contributed by atoms with E-state index in [4.69, 9.17) is 4.74 Å². The van der Waals surface area contributed by atoms with Gasteiger partial charge in [-0.25, -0.2) is 0 Å². The first kappa shape index (κ1) is 21.4. The summed E-state index contributed by atoms with van der Waals surface area (Å²) in [6.07, 6.45) is 0. The maximum atomic E-state index is 12.7. The second kappa shape index (κ2) is 8.19. The minimum absolute atomic E-state index is 0.0392. The molecule has 0 saturated heterocycles. The van der Waals surface area contributed by atoms with Gasteiger partial charge in [-0.15, -0.1) is 0 Å². The summed E-state index contributed by atoms with van der Waals surface area (Å²) >= 11 is 1.10. The van der Waals surface area contributed by atoms with Crippen molar-refractivity contribution < 1.29 is 19.2 Å². The predicted octanol–water partition coefficient (Wildman–Crippen LogP) is 3.82. The predicted molar refractivity (Wildman–Crippen MR) is 114 cm³/mol. The highest BCUT2D eigenvalue weighted by Crippen LogP contribution is 2.24. The molecule has 0 bridgehead atoms. The minimum atomic E-state index is -0.517. The van der Waals surface area contributed by atoms with Gasteiger partial charge in [0.2, 0.25) is 0 Å². The van der Waals surface area contributed by atoms with Crippen LogP contribution in [0.2, 0.25) is 0 Å². The Bertz CT molecular complexity index is 1200. The number of hydrogen-bond donors (Lipinski definition) is 0. The van der Waals surface area contributed by atoms with Crippen LogP contribution >= 0.6 is 11.3 Å². The van der Waals surface area contributed by atoms with Crippen LogP contribution in [0.15, 0.2) is 47.5 Å². The van der Waals surface area contributed by atoms with Gasteiger partial charge < -0.3 is 9.30 Å². The molecule has 0 aliphatic carbocycles. The Morgan fingerprint density at radius 3 is 2.40 bits per heavy atom. The molecule has 2 aromatic carbocycles. The van der Waals surface area contributed by atoms with Crippen molar-refractivity contribution in [2.75, 3.05) is 7.11 Å². The minimum Gasteiger partial charge on any atom is -0.468 e. The van der Waals surface area contributed by atoms with Crippen molar-refractivity contribution >= 4 is 39.1 Å². The van der Waals surface area contributed by atoms with Gasteiger partial charge in [0, 0.05) is 17.7 Å². The second-order valence-corrected chi connectivity index (χ2v) is 8.71. The fraction of sp³-hybridized carbons (Fsp3) is 0.286. The number of nitrogens with zero attached hydrogens (tertiary/aromatic N) is 3. The van der Waals surface area contributed by atoms with Crippen molar-refractivity contribution in [2.45, 2.75) is 32.7 Å². The smallest absolute Gasteiger partial charge is 0.325 e. The molecular formula is C21H21N3O5S. The molecule has 9 heteroatoms. The van der Waals surface area contributed by atoms with Crippen LogP contribution in [0, 0.1) is 10.1 Å². The molecule has 0 atom stereocenters. The Labute approximate surface area is 176 Å². The fourth-order valence-corrected chi connectivity index (χ4v) is 3.93. The molecule has 30 heavy (non-hydrogen) atoms. The molecule has 1 amide bonds. The number of nitro benzene ring substituents is 1. The SMILES string of the molecule is COC(=O)Cn1c(=NC(=O)c2ccc(C(C)(C)C)cc2)sc2cc([N+](=O)[O-])ccc21. The van der Waals surface area contributed by atoms with Crippen LogP contribution in [-0.2, 0) is 21.5 Å². The number of benzene rings is 2. The van der Waals surface area contributed by atoms with E-state index in [1.807, 2.05) is 12.1 Å². The number of non-ortho nitro benzene ring substituents is 1. The summed E-state index contributed by atoms with van der Waals surface area (Å²) in [5, 5.41) is 11.1.